The summed E-state index contributed by atoms with van der Waals surface area (Å²) in [5, 5.41) is 3.25. The van der Waals surface area contributed by atoms with E-state index in [0.29, 0.717) is 16.6 Å². The Labute approximate surface area is 91.1 Å². The van der Waals surface area contributed by atoms with Gasteiger partial charge >= 0.3 is 0 Å². The van der Waals surface area contributed by atoms with Gasteiger partial charge < -0.3 is 5.32 Å². The van der Waals surface area contributed by atoms with E-state index in [1.54, 1.807) is 23.7 Å². The highest BCUT2D eigenvalue weighted by Crippen LogP contribution is 2.10. The molecule has 0 saturated heterocycles. The average Bonchev–Trinajstić information content (AvgIpc) is 2.60. The number of fused-ring (bicyclic) bond motifs is 1. The highest BCUT2D eigenvalue weighted by atomic mass is 35.5. The monoisotopic (exact) mass is 224 g/mol. The lowest BCUT2D eigenvalue weighted by Crippen LogP contribution is -2.19. The van der Waals surface area contributed by atoms with Gasteiger partial charge in [0, 0.05) is 6.20 Å². The predicted molar refractivity (Wildman–Crippen MR) is 56.3 cm³/mol. The number of likely N-dealkylation sites (N-methyl/N-ethyl adjacent to an activating group) is 1. The topological polar surface area (TPSA) is 59.3 Å². The van der Waals surface area contributed by atoms with Crippen molar-refractivity contribution in [1.82, 2.24) is 19.7 Å². The first-order chi connectivity index (χ1) is 7.22. The summed E-state index contributed by atoms with van der Waals surface area (Å²) in [6.45, 7) is 0.262. The van der Waals surface area contributed by atoms with Crippen LogP contribution in [0.25, 0.3) is 5.78 Å². The molecule has 15 heavy (non-hydrogen) atoms. The standard InChI is InChI=1S/C9H9ClN4O/c1-11-4-7(15)6-2-3-14-8(10)5-12-9(14)13-6/h2-3,5,11H,4H2,1H3. The van der Waals surface area contributed by atoms with Crippen molar-refractivity contribution in [3.63, 3.8) is 0 Å². The van der Waals surface area contributed by atoms with E-state index in [1.807, 2.05) is 0 Å². The third kappa shape index (κ3) is 1.84. The minimum Gasteiger partial charge on any atom is -0.313 e. The Morgan fingerprint density at radius 3 is 3.20 bits per heavy atom. The number of carbonyl (C=O) groups is 1. The van der Waals surface area contributed by atoms with Gasteiger partial charge in [-0.15, -0.1) is 0 Å². The Hall–Kier alpha value is -1.46. The van der Waals surface area contributed by atoms with E-state index in [4.69, 9.17) is 11.6 Å². The Morgan fingerprint density at radius 1 is 1.67 bits per heavy atom. The molecule has 0 aliphatic rings. The highest BCUT2D eigenvalue weighted by Gasteiger charge is 2.08. The minimum absolute atomic E-state index is 0.0703. The fourth-order valence-corrected chi connectivity index (χ4v) is 1.43. The van der Waals surface area contributed by atoms with Gasteiger partial charge in [-0.1, -0.05) is 11.6 Å². The average molecular weight is 225 g/mol. The van der Waals surface area contributed by atoms with E-state index in [0.717, 1.165) is 0 Å². The molecule has 0 amide bonds. The maximum atomic E-state index is 11.5. The number of hydrogen-bond donors (Lipinski definition) is 1. The summed E-state index contributed by atoms with van der Waals surface area (Å²) in [4.78, 5) is 19.6. The van der Waals surface area contributed by atoms with E-state index in [-0.39, 0.29) is 12.3 Å². The number of imidazole rings is 1. The van der Waals surface area contributed by atoms with Crippen molar-refractivity contribution in [2.24, 2.45) is 0 Å². The molecule has 0 atom stereocenters. The zero-order chi connectivity index (χ0) is 10.8. The molecule has 0 aliphatic heterocycles. The van der Waals surface area contributed by atoms with Crippen LogP contribution in [-0.2, 0) is 0 Å². The summed E-state index contributed by atoms with van der Waals surface area (Å²) in [5.41, 5.74) is 0.388. The first-order valence-corrected chi connectivity index (χ1v) is 4.77. The van der Waals surface area contributed by atoms with Crippen molar-refractivity contribution >= 4 is 23.2 Å². The van der Waals surface area contributed by atoms with Crippen LogP contribution in [0.15, 0.2) is 18.5 Å². The van der Waals surface area contributed by atoms with Gasteiger partial charge in [-0.05, 0) is 13.1 Å². The summed E-state index contributed by atoms with van der Waals surface area (Å²) < 4.78 is 1.61. The number of carbonyl (C=O) groups excluding carboxylic acids is 1. The molecule has 0 aromatic carbocycles. The number of nitrogens with one attached hydrogen (secondary N) is 1. The lowest BCUT2D eigenvalue weighted by molar-refractivity contribution is 0.0989. The fraction of sp³-hybridized carbons (Fsp3) is 0.222. The molecular weight excluding hydrogens is 216 g/mol. The zero-order valence-electron chi connectivity index (χ0n) is 8.07. The number of aromatic nitrogens is 3. The molecule has 0 unspecified atom stereocenters. The van der Waals surface area contributed by atoms with Crippen LogP contribution in [0.4, 0.5) is 0 Å². The minimum atomic E-state index is -0.0703. The Morgan fingerprint density at radius 2 is 2.47 bits per heavy atom. The van der Waals surface area contributed by atoms with Gasteiger partial charge in [-0.2, -0.15) is 0 Å². The molecule has 0 bridgehead atoms. The molecule has 2 heterocycles. The molecule has 6 heteroatoms. The lowest BCUT2D eigenvalue weighted by Gasteiger charge is -1.99. The van der Waals surface area contributed by atoms with Crippen molar-refractivity contribution in [1.29, 1.82) is 0 Å². The van der Waals surface area contributed by atoms with Crippen LogP contribution in [-0.4, -0.2) is 33.7 Å². The van der Waals surface area contributed by atoms with E-state index in [1.165, 1.54) is 6.20 Å². The molecule has 0 spiro atoms. The second-order valence-electron chi connectivity index (χ2n) is 3.02. The highest BCUT2D eigenvalue weighted by molar-refractivity contribution is 6.29. The molecule has 78 valence electrons. The van der Waals surface area contributed by atoms with E-state index in [2.05, 4.69) is 15.3 Å². The second-order valence-corrected chi connectivity index (χ2v) is 3.40. The third-order valence-corrected chi connectivity index (χ3v) is 2.24. The number of Topliss-reactive ketones (excluding diaryl/α,β-unsaturated/α-hetero) is 1. The molecule has 5 nitrogen and oxygen atoms in total. The van der Waals surface area contributed by atoms with Crippen LogP contribution >= 0.6 is 11.6 Å². The number of halogens is 1. The Kier molecular flexibility index (Phi) is 2.66. The normalized spacial score (nSPS) is 10.8. The summed E-state index contributed by atoms with van der Waals surface area (Å²) >= 11 is 5.83. The smallest absolute Gasteiger partial charge is 0.235 e. The summed E-state index contributed by atoms with van der Waals surface area (Å²) in [6, 6.07) is 1.63. The molecule has 0 saturated carbocycles. The largest absolute Gasteiger partial charge is 0.313 e. The van der Waals surface area contributed by atoms with Gasteiger partial charge in [0.1, 0.15) is 10.8 Å². The number of nitrogens with zero attached hydrogens (tertiary/aromatic N) is 3. The SMILES string of the molecule is CNCC(=O)c1ccn2c(Cl)cnc2n1. The van der Waals surface area contributed by atoms with Gasteiger partial charge in [0.25, 0.3) is 0 Å². The van der Waals surface area contributed by atoms with Crippen LogP contribution in [0.2, 0.25) is 5.15 Å². The maximum absolute atomic E-state index is 11.5. The van der Waals surface area contributed by atoms with E-state index < -0.39 is 0 Å². The summed E-state index contributed by atoms with van der Waals surface area (Å²) in [6.07, 6.45) is 3.18. The first kappa shape index (κ1) is 10.1. The molecule has 2 rings (SSSR count). The number of ketones is 1. The third-order valence-electron chi connectivity index (χ3n) is 1.96. The van der Waals surface area contributed by atoms with Gasteiger partial charge in [0.2, 0.25) is 5.78 Å². The van der Waals surface area contributed by atoms with Crippen molar-refractivity contribution < 1.29 is 4.79 Å². The molecule has 0 radical (unpaired) electrons. The van der Waals surface area contributed by atoms with Crippen molar-refractivity contribution in [3.8, 4) is 0 Å². The summed E-state index contributed by atoms with van der Waals surface area (Å²) in [5.74, 6) is 0.362. The van der Waals surface area contributed by atoms with E-state index in [9.17, 15) is 4.79 Å². The van der Waals surface area contributed by atoms with Gasteiger partial charge in [0.15, 0.2) is 5.78 Å². The molecule has 2 aromatic heterocycles. The van der Waals surface area contributed by atoms with Crippen molar-refractivity contribution in [2.45, 2.75) is 0 Å². The second kappa shape index (κ2) is 3.96. The fourth-order valence-electron chi connectivity index (χ4n) is 1.25. The predicted octanol–water partition coefficient (Wildman–Crippen LogP) is 0.785. The zero-order valence-corrected chi connectivity index (χ0v) is 8.82. The quantitative estimate of drug-likeness (QED) is 0.783. The van der Waals surface area contributed by atoms with Crippen LogP contribution in [0.3, 0.4) is 0 Å². The molecule has 2 aromatic rings. The maximum Gasteiger partial charge on any atom is 0.235 e. The molecule has 0 aliphatic carbocycles. The Balaban J connectivity index is 2.43. The van der Waals surface area contributed by atoms with Gasteiger partial charge in [-0.25, -0.2) is 9.97 Å². The summed E-state index contributed by atoms with van der Waals surface area (Å²) in [7, 11) is 1.71. The number of hydrogen-bond acceptors (Lipinski definition) is 4. The van der Waals surface area contributed by atoms with Gasteiger partial charge in [0.05, 0.1) is 12.7 Å². The first-order valence-electron chi connectivity index (χ1n) is 4.40. The van der Waals surface area contributed by atoms with E-state index >= 15 is 0 Å². The van der Waals surface area contributed by atoms with Crippen molar-refractivity contribution in [3.05, 3.63) is 29.3 Å². The molecule has 0 fully saturated rings. The Bertz CT molecular complexity index is 508. The number of rotatable bonds is 3. The van der Waals surface area contributed by atoms with Gasteiger partial charge in [-0.3, -0.25) is 9.20 Å². The molecule has 1 N–H and O–H groups in total. The van der Waals surface area contributed by atoms with Crippen LogP contribution in [0.5, 0.6) is 0 Å². The molecular formula is C9H9ClN4O. The van der Waals surface area contributed by atoms with Crippen molar-refractivity contribution in [2.75, 3.05) is 13.6 Å². The van der Waals surface area contributed by atoms with Crippen LogP contribution in [0, 0.1) is 0 Å². The van der Waals surface area contributed by atoms with Crippen LogP contribution in [0.1, 0.15) is 10.5 Å². The van der Waals surface area contributed by atoms with Crippen LogP contribution < -0.4 is 5.32 Å². The lowest BCUT2D eigenvalue weighted by atomic mass is 10.3.